The van der Waals surface area contributed by atoms with Gasteiger partial charge in [-0.15, -0.1) is 11.3 Å². The highest BCUT2D eigenvalue weighted by atomic mass is 32.1. The molecule has 7 heteroatoms. The zero-order chi connectivity index (χ0) is 20.1. The summed E-state index contributed by atoms with van der Waals surface area (Å²) in [4.78, 5) is 24.6. The molecular weight excluding hydrogens is 382 g/mol. The third-order valence-electron chi connectivity index (χ3n) is 5.86. The van der Waals surface area contributed by atoms with Gasteiger partial charge >= 0.3 is 0 Å². The number of para-hydroxylation sites is 1. The summed E-state index contributed by atoms with van der Waals surface area (Å²) in [6.07, 6.45) is 1.90. The molecule has 6 nitrogen and oxygen atoms in total. The number of fused-ring (bicyclic) bond motifs is 2. The Balaban J connectivity index is 1.35. The number of amides is 1. The van der Waals surface area contributed by atoms with Gasteiger partial charge in [0.15, 0.2) is 5.65 Å². The molecule has 0 spiro atoms. The summed E-state index contributed by atoms with van der Waals surface area (Å²) in [7, 11) is 1.89. The highest BCUT2D eigenvalue weighted by molar-refractivity contribution is 7.18. The van der Waals surface area contributed by atoms with Crippen molar-refractivity contribution in [3.63, 3.8) is 0 Å². The second-order valence-corrected chi connectivity index (χ2v) is 8.85. The molecule has 1 amide bonds. The van der Waals surface area contributed by atoms with Crippen LogP contribution in [0.2, 0.25) is 0 Å². The first-order valence-electron chi connectivity index (χ1n) is 9.97. The summed E-state index contributed by atoms with van der Waals surface area (Å²) >= 11 is 1.78. The van der Waals surface area contributed by atoms with E-state index in [1.165, 1.54) is 9.71 Å². The van der Waals surface area contributed by atoms with Gasteiger partial charge in [-0.25, -0.2) is 9.97 Å². The molecule has 4 aromatic rings. The van der Waals surface area contributed by atoms with Crippen molar-refractivity contribution in [3.05, 3.63) is 52.3 Å². The number of hydrogen-bond acceptors (Lipinski definition) is 5. The summed E-state index contributed by atoms with van der Waals surface area (Å²) in [6.45, 7) is 5.37. The average Bonchev–Trinajstić information content (AvgIpc) is 3.28. The first-order chi connectivity index (χ1) is 14.0. The average molecular weight is 406 g/mol. The van der Waals surface area contributed by atoms with E-state index in [0.29, 0.717) is 11.5 Å². The van der Waals surface area contributed by atoms with Gasteiger partial charge in [-0.2, -0.15) is 5.10 Å². The van der Waals surface area contributed by atoms with Crippen LogP contribution in [0.25, 0.3) is 21.3 Å². The quantitative estimate of drug-likeness (QED) is 0.501. The summed E-state index contributed by atoms with van der Waals surface area (Å²) in [5.74, 6) is 0.502. The maximum atomic E-state index is 13.2. The van der Waals surface area contributed by atoms with E-state index < -0.39 is 0 Å². The van der Waals surface area contributed by atoms with Crippen LogP contribution in [0.5, 0.6) is 0 Å². The maximum absolute atomic E-state index is 13.2. The van der Waals surface area contributed by atoms with E-state index in [4.69, 9.17) is 4.98 Å². The number of hydrogen-bond donors (Lipinski definition) is 0. The van der Waals surface area contributed by atoms with Crippen LogP contribution in [0.4, 0.5) is 0 Å². The molecule has 5 rings (SSSR count). The summed E-state index contributed by atoms with van der Waals surface area (Å²) < 4.78 is 3.01. The molecule has 0 saturated carbocycles. The van der Waals surface area contributed by atoms with Gasteiger partial charge in [0.05, 0.1) is 32.2 Å². The molecule has 0 N–H and O–H groups in total. The van der Waals surface area contributed by atoms with Crippen molar-refractivity contribution in [1.82, 2.24) is 24.6 Å². The monoisotopic (exact) mass is 405 g/mol. The smallest absolute Gasteiger partial charge is 0.255 e. The van der Waals surface area contributed by atoms with Gasteiger partial charge in [0.25, 0.3) is 5.91 Å². The van der Waals surface area contributed by atoms with Crippen LogP contribution < -0.4 is 0 Å². The Labute approximate surface area is 173 Å². The first kappa shape index (κ1) is 18.2. The highest BCUT2D eigenvalue weighted by Gasteiger charge is 2.28. The topological polar surface area (TPSA) is 63.9 Å². The van der Waals surface area contributed by atoms with Crippen LogP contribution in [0.1, 0.15) is 45.5 Å². The lowest BCUT2D eigenvalue weighted by molar-refractivity contribution is 0.0712. The highest BCUT2D eigenvalue weighted by Crippen LogP contribution is 2.34. The van der Waals surface area contributed by atoms with E-state index >= 15 is 0 Å². The third-order valence-corrected chi connectivity index (χ3v) is 7.06. The predicted molar refractivity (Wildman–Crippen MR) is 115 cm³/mol. The number of rotatable bonds is 2. The van der Waals surface area contributed by atoms with Crippen molar-refractivity contribution in [2.75, 3.05) is 13.1 Å². The van der Waals surface area contributed by atoms with Crippen molar-refractivity contribution in [3.8, 4) is 0 Å². The largest absolute Gasteiger partial charge is 0.339 e. The molecule has 0 aliphatic carbocycles. The molecule has 1 saturated heterocycles. The maximum Gasteiger partial charge on any atom is 0.255 e. The number of benzene rings is 1. The second-order valence-electron chi connectivity index (χ2n) is 7.79. The van der Waals surface area contributed by atoms with E-state index in [-0.39, 0.29) is 5.91 Å². The molecule has 4 heterocycles. The Hall–Kier alpha value is -2.80. The van der Waals surface area contributed by atoms with Crippen LogP contribution in [-0.4, -0.2) is 43.6 Å². The lowest BCUT2D eigenvalue weighted by atomic mass is 9.96. The van der Waals surface area contributed by atoms with E-state index in [0.717, 1.165) is 53.9 Å². The van der Waals surface area contributed by atoms with Gasteiger partial charge in [0.1, 0.15) is 0 Å². The fourth-order valence-corrected chi connectivity index (χ4v) is 5.35. The Morgan fingerprint density at radius 2 is 1.86 bits per heavy atom. The fraction of sp³-hybridized carbons (Fsp3) is 0.364. The van der Waals surface area contributed by atoms with Crippen molar-refractivity contribution in [2.24, 2.45) is 7.05 Å². The minimum absolute atomic E-state index is 0.0721. The van der Waals surface area contributed by atoms with Gasteiger partial charge in [-0.3, -0.25) is 9.48 Å². The van der Waals surface area contributed by atoms with Crippen molar-refractivity contribution in [2.45, 2.75) is 32.6 Å². The van der Waals surface area contributed by atoms with Crippen LogP contribution in [0.3, 0.4) is 0 Å². The minimum Gasteiger partial charge on any atom is -0.339 e. The lowest BCUT2D eigenvalue weighted by Gasteiger charge is -2.31. The molecule has 0 atom stereocenters. The van der Waals surface area contributed by atoms with E-state index in [1.54, 1.807) is 16.0 Å². The molecule has 0 radical (unpaired) electrons. The van der Waals surface area contributed by atoms with Crippen LogP contribution in [-0.2, 0) is 7.05 Å². The number of piperidine rings is 1. The van der Waals surface area contributed by atoms with E-state index in [2.05, 4.69) is 28.3 Å². The SMILES string of the molecule is Cc1nc2c(cc1C(=O)N1CCC(c3nc4ccccc4s3)CC1)c(C)nn2C. The Kier molecular flexibility index (Phi) is 4.35. The van der Waals surface area contributed by atoms with Crippen molar-refractivity contribution < 1.29 is 4.79 Å². The molecule has 1 aliphatic rings. The summed E-state index contributed by atoms with van der Waals surface area (Å²) in [5, 5.41) is 6.58. The number of pyridine rings is 1. The van der Waals surface area contributed by atoms with Crippen molar-refractivity contribution in [1.29, 1.82) is 0 Å². The Morgan fingerprint density at radius 3 is 2.62 bits per heavy atom. The number of aryl methyl sites for hydroxylation is 3. The molecule has 1 aromatic carbocycles. The number of carbonyl (C=O) groups excluding carboxylic acids is 1. The molecule has 1 fully saturated rings. The molecule has 0 unspecified atom stereocenters. The summed E-state index contributed by atoms with van der Waals surface area (Å²) in [6, 6.07) is 10.2. The van der Waals surface area contributed by atoms with E-state index in [9.17, 15) is 4.79 Å². The molecule has 1 aliphatic heterocycles. The first-order valence-corrected chi connectivity index (χ1v) is 10.8. The summed E-state index contributed by atoms with van der Waals surface area (Å²) in [5.41, 5.74) is 4.25. The van der Waals surface area contributed by atoms with Gasteiger partial charge in [0, 0.05) is 31.4 Å². The number of likely N-dealkylation sites (tertiary alicyclic amines) is 1. The minimum atomic E-state index is 0.0721. The Bertz CT molecular complexity index is 1200. The number of nitrogens with zero attached hydrogens (tertiary/aromatic N) is 5. The van der Waals surface area contributed by atoms with Gasteiger partial charge in [0.2, 0.25) is 0 Å². The zero-order valence-corrected chi connectivity index (χ0v) is 17.7. The molecule has 0 bridgehead atoms. The Morgan fingerprint density at radius 1 is 1.10 bits per heavy atom. The van der Waals surface area contributed by atoms with Crippen LogP contribution in [0, 0.1) is 13.8 Å². The molecule has 148 valence electrons. The fourth-order valence-electron chi connectivity index (χ4n) is 4.21. The number of carbonyl (C=O) groups is 1. The normalized spacial score (nSPS) is 15.5. The zero-order valence-electron chi connectivity index (χ0n) is 16.8. The van der Waals surface area contributed by atoms with Crippen LogP contribution >= 0.6 is 11.3 Å². The predicted octanol–water partition coefficient (Wildman–Crippen LogP) is 4.21. The second kappa shape index (κ2) is 6.91. The van der Waals surface area contributed by atoms with Gasteiger partial charge < -0.3 is 4.90 Å². The van der Waals surface area contributed by atoms with Crippen LogP contribution in [0.15, 0.2) is 30.3 Å². The van der Waals surface area contributed by atoms with Gasteiger partial charge in [-0.05, 0) is 44.9 Å². The molecular formula is C22H23N5OS. The number of thiazole rings is 1. The van der Waals surface area contributed by atoms with Crippen molar-refractivity contribution >= 4 is 38.5 Å². The number of aromatic nitrogens is 4. The lowest BCUT2D eigenvalue weighted by Crippen LogP contribution is -2.38. The molecule has 3 aromatic heterocycles. The van der Waals surface area contributed by atoms with E-state index in [1.807, 2.05) is 37.9 Å². The third kappa shape index (κ3) is 3.09. The van der Waals surface area contributed by atoms with Gasteiger partial charge in [-0.1, -0.05) is 12.1 Å². The standard InChI is InChI=1S/C22H23N5OS/c1-13-17(12-16-14(2)25-26(3)20(16)23-13)22(28)27-10-8-15(9-11-27)21-24-18-6-4-5-7-19(18)29-21/h4-7,12,15H,8-11H2,1-3H3. The molecule has 29 heavy (non-hydrogen) atoms.